The maximum absolute atomic E-state index is 5.21. The van der Waals surface area contributed by atoms with Crippen molar-refractivity contribution in [2.75, 3.05) is 11.9 Å². The average Bonchev–Trinajstić information content (AvgIpc) is 3.26. The summed E-state index contributed by atoms with van der Waals surface area (Å²) in [6.07, 6.45) is 5.19. The molecule has 0 saturated heterocycles. The van der Waals surface area contributed by atoms with Crippen LogP contribution < -0.4 is 4.90 Å². The molecule has 4 rings (SSSR count). The van der Waals surface area contributed by atoms with E-state index in [0.717, 1.165) is 29.1 Å². The summed E-state index contributed by atoms with van der Waals surface area (Å²) >= 11 is 0. The first kappa shape index (κ1) is 14.4. The van der Waals surface area contributed by atoms with Gasteiger partial charge in [-0.15, -0.1) is 0 Å². The molecule has 0 aliphatic rings. The van der Waals surface area contributed by atoms with Crippen LogP contribution in [0, 0.1) is 6.92 Å². The Morgan fingerprint density at radius 1 is 1.17 bits per heavy atom. The van der Waals surface area contributed by atoms with Gasteiger partial charge in [-0.3, -0.25) is 0 Å². The van der Waals surface area contributed by atoms with E-state index in [9.17, 15) is 0 Å². The van der Waals surface area contributed by atoms with Gasteiger partial charge in [-0.05, 0) is 30.7 Å². The van der Waals surface area contributed by atoms with E-state index in [1.54, 1.807) is 6.20 Å². The van der Waals surface area contributed by atoms with Gasteiger partial charge in [0.05, 0.1) is 11.4 Å². The minimum atomic E-state index is 0.512. The number of nitrogens with zero attached hydrogens (tertiary/aromatic N) is 6. The van der Waals surface area contributed by atoms with Crippen molar-refractivity contribution in [3.63, 3.8) is 0 Å². The van der Waals surface area contributed by atoms with E-state index in [2.05, 4.69) is 49.4 Å². The highest BCUT2D eigenvalue weighted by Gasteiger charge is 2.15. The minimum Gasteiger partial charge on any atom is -0.355 e. The average molecular weight is 320 g/mol. The van der Waals surface area contributed by atoms with Crippen LogP contribution in [0.3, 0.4) is 0 Å². The van der Waals surface area contributed by atoms with Crippen LogP contribution in [0.15, 0.2) is 53.6 Å². The summed E-state index contributed by atoms with van der Waals surface area (Å²) in [7, 11) is 2.00. The van der Waals surface area contributed by atoms with E-state index < -0.39 is 0 Å². The first-order chi connectivity index (χ1) is 11.7. The van der Waals surface area contributed by atoms with Gasteiger partial charge in [-0.1, -0.05) is 17.3 Å². The third-order valence-electron chi connectivity index (χ3n) is 3.91. The Balaban J connectivity index is 1.59. The number of rotatable bonds is 4. The Hall–Kier alpha value is -3.22. The summed E-state index contributed by atoms with van der Waals surface area (Å²) in [5.41, 5.74) is 3.51. The molecular formula is C17H16N6O. The van der Waals surface area contributed by atoms with Crippen molar-refractivity contribution in [2.45, 2.75) is 13.5 Å². The summed E-state index contributed by atoms with van der Waals surface area (Å²) in [6.45, 7) is 2.61. The first-order valence-electron chi connectivity index (χ1n) is 7.59. The lowest BCUT2D eigenvalue weighted by Gasteiger charge is -2.18. The Bertz CT molecular complexity index is 959. The molecule has 0 amide bonds. The Morgan fingerprint density at radius 2 is 2.00 bits per heavy atom. The predicted octanol–water partition coefficient (Wildman–Crippen LogP) is 2.75. The molecule has 0 unspecified atom stereocenters. The van der Waals surface area contributed by atoms with E-state index in [-0.39, 0.29) is 0 Å². The van der Waals surface area contributed by atoms with Crippen LogP contribution in [-0.2, 0) is 6.54 Å². The van der Waals surface area contributed by atoms with Gasteiger partial charge < -0.3 is 9.42 Å². The number of hydrogen-bond donors (Lipinski definition) is 0. The van der Waals surface area contributed by atoms with Crippen molar-refractivity contribution in [3.05, 3.63) is 60.3 Å². The summed E-state index contributed by atoms with van der Waals surface area (Å²) in [5.74, 6) is 0.815. The monoisotopic (exact) mass is 320 g/mol. The topological polar surface area (TPSA) is 72.9 Å². The van der Waals surface area contributed by atoms with Crippen LogP contribution >= 0.6 is 0 Å². The predicted molar refractivity (Wildman–Crippen MR) is 90.0 cm³/mol. The summed E-state index contributed by atoms with van der Waals surface area (Å²) in [5, 5.41) is 9.06. The van der Waals surface area contributed by atoms with Crippen molar-refractivity contribution in [1.29, 1.82) is 0 Å². The Morgan fingerprint density at radius 3 is 2.75 bits per heavy atom. The highest BCUT2D eigenvalue weighted by Crippen LogP contribution is 2.26. The van der Waals surface area contributed by atoms with Crippen molar-refractivity contribution >= 4 is 16.9 Å². The highest BCUT2D eigenvalue weighted by molar-refractivity contribution is 5.87. The third kappa shape index (κ3) is 2.50. The second kappa shape index (κ2) is 5.77. The zero-order chi connectivity index (χ0) is 16.5. The molecule has 1 aromatic carbocycles. The van der Waals surface area contributed by atoms with Crippen LogP contribution in [0.2, 0.25) is 0 Å². The van der Waals surface area contributed by atoms with Crippen molar-refractivity contribution in [1.82, 2.24) is 24.9 Å². The number of aromatic nitrogens is 5. The normalized spacial score (nSPS) is 11.1. The van der Waals surface area contributed by atoms with Gasteiger partial charge >= 0.3 is 0 Å². The molecule has 7 nitrogen and oxygen atoms in total. The van der Waals surface area contributed by atoms with Gasteiger partial charge in [-0.2, -0.15) is 10.1 Å². The SMILES string of the molecule is Cc1noc2ncnc(N(C)Cc3ccc(-n4cccn4)cc3)c12. The zero-order valence-electron chi connectivity index (χ0n) is 13.4. The van der Waals surface area contributed by atoms with Gasteiger partial charge in [0.15, 0.2) is 0 Å². The smallest absolute Gasteiger partial charge is 0.263 e. The zero-order valence-corrected chi connectivity index (χ0v) is 13.4. The van der Waals surface area contributed by atoms with Crippen molar-refractivity contribution in [2.24, 2.45) is 0 Å². The van der Waals surface area contributed by atoms with Crippen LogP contribution in [0.1, 0.15) is 11.3 Å². The number of hydrogen-bond acceptors (Lipinski definition) is 6. The molecule has 120 valence electrons. The van der Waals surface area contributed by atoms with E-state index in [1.165, 1.54) is 11.9 Å². The van der Waals surface area contributed by atoms with E-state index in [0.29, 0.717) is 5.71 Å². The quantitative estimate of drug-likeness (QED) is 0.576. The molecule has 4 aromatic rings. The molecule has 0 fully saturated rings. The summed E-state index contributed by atoms with van der Waals surface area (Å²) < 4.78 is 7.04. The van der Waals surface area contributed by atoms with Gasteiger partial charge in [0, 0.05) is 26.0 Å². The van der Waals surface area contributed by atoms with Crippen LogP contribution in [0.25, 0.3) is 16.8 Å². The molecule has 0 aliphatic heterocycles. The fourth-order valence-corrected chi connectivity index (χ4v) is 2.72. The molecule has 0 saturated carbocycles. The number of anilines is 1. The molecule has 3 aromatic heterocycles. The van der Waals surface area contributed by atoms with Gasteiger partial charge in [0.25, 0.3) is 5.71 Å². The van der Waals surface area contributed by atoms with Crippen LogP contribution in [0.5, 0.6) is 0 Å². The third-order valence-corrected chi connectivity index (χ3v) is 3.91. The van der Waals surface area contributed by atoms with Gasteiger partial charge in [-0.25, -0.2) is 9.67 Å². The molecule has 0 spiro atoms. The largest absolute Gasteiger partial charge is 0.355 e. The molecule has 0 aliphatic carbocycles. The lowest BCUT2D eigenvalue weighted by atomic mass is 10.2. The molecule has 0 atom stereocenters. The first-order valence-corrected chi connectivity index (χ1v) is 7.59. The fourth-order valence-electron chi connectivity index (χ4n) is 2.72. The number of aryl methyl sites for hydroxylation is 1. The Labute approximate surface area is 138 Å². The van der Waals surface area contributed by atoms with Crippen LogP contribution in [0.4, 0.5) is 5.82 Å². The molecule has 7 heteroatoms. The molecule has 3 heterocycles. The lowest BCUT2D eigenvalue weighted by molar-refractivity contribution is 0.442. The number of fused-ring (bicyclic) bond motifs is 1. The summed E-state index contributed by atoms with van der Waals surface area (Å²) in [4.78, 5) is 10.6. The molecule has 24 heavy (non-hydrogen) atoms. The molecule has 0 bridgehead atoms. The number of benzene rings is 1. The van der Waals surface area contributed by atoms with Gasteiger partial charge in [0.1, 0.15) is 17.5 Å². The Kier molecular flexibility index (Phi) is 3.45. The fraction of sp³-hybridized carbons (Fsp3) is 0.176. The standard InChI is InChI=1S/C17H16N6O/c1-12-15-16(18-11-19-17(15)24-21-12)22(2)10-13-4-6-14(7-5-13)23-9-3-8-20-23/h3-9,11H,10H2,1-2H3. The molecule has 0 N–H and O–H groups in total. The second-order valence-corrected chi connectivity index (χ2v) is 5.62. The second-order valence-electron chi connectivity index (χ2n) is 5.62. The van der Waals surface area contributed by atoms with Crippen molar-refractivity contribution < 1.29 is 4.52 Å². The van der Waals surface area contributed by atoms with E-state index in [1.807, 2.05) is 30.9 Å². The van der Waals surface area contributed by atoms with E-state index >= 15 is 0 Å². The minimum absolute atomic E-state index is 0.512. The van der Waals surface area contributed by atoms with Crippen LogP contribution in [-0.4, -0.2) is 32.0 Å². The lowest BCUT2D eigenvalue weighted by Crippen LogP contribution is -2.18. The van der Waals surface area contributed by atoms with Crippen molar-refractivity contribution in [3.8, 4) is 5.69 Å². The molecular weight excluding hydrogens is 304 g/mol. The highest BCUT2D eigenvalue weighted by atomic mass is 16.5. The summed E-state index contributed by atoms with van der Waals surface area (Å²) in [6, 6.07) is 10.2. The van der Waals surface area contributed by atoms with Gasteiger partial charge in [0.2, 0.25) is 0 Å². The molecule has 0 radical (unpaired) electrons. The maximum atomic E-state index is 5.21. The maximum Gasteiger partial charge on any atom is 0.263 e. The van der Waals surface area contributed by atoms with E-state index in [4.69, 9.17) is 4.52 Å².